The number of aromatic nitrogens is 2. The molecule has 1 fully saturated rings. The van der Waals surface area contributed by atoms with Gasteiger partial charge in [-0.15, -0.1) is 10.2 Å². The van der Waals surface area contributed by atoms with Crippen LogP contribution in [0.1, 0.15) is 6.92 Å². The minimum absolute atomic E-state index is 0.228. The van der Waals surface area contributed by atoms with Crippen molar-refractivity contribution in [2.24, 2.45) is 0 Å². The molecule has 2 aliphatic rings. The zero-order valence-corrected chi connectivity index (χ0v) is 15.4. The van der Waals surface area contributed by atoms with Crippen molar-refractivity contribution < 1.29 is 28.2 Å². The van der Waals surface area contributed by atoms with Gasteiger partial charge in [0.2, 0.25) is 0 Å². The summed E-state index contributed by atoms with van der Waals surface area (Å²) in [5.41, 5.74) is 2.48. The third-order valence-electron chi connectivity index (χ3n) is 4.73. The number of aromatic hydroxyl groups is 1. The lowest BCUT2D eigenvalue weighted by molar-refractivity contribution is -0.192. The van der Waals surface area contributed by atoms with Crippen LogP contribution in [-0.4, -0.2) is 64.3 Å². The number of carboxylic acid groups (broad SMARTS) is 1. The number of halogens is 3. The van der Waals surface area contributed by atoms with Crippen LogP contribution in [0.4, 0.5) is 24.7 Å². The predicted octanol–water partition coefficient (Wildman–Crippen LogP) is 2.07. The molecule has 1 saturated heterocycles. The summed E-state index contributed by atoms with van der Waals surface area (Å²) in [5.74, 6) is -1.71. The number of carboxylic acids is 1. The number of piperazine rings is 1. The van der Waals surface area contributed by atoms with Gasteiger partial charge in [0.1, 0.15) is 5.75 Å². The molecule has 8 nitrogen and oxygen atoms in total. The van der Waals surface area contributed by atoms with E-state index in [1.54, 1.807) is 12.1 Å². The van der Waals surface area contributed by atoms with Crippen molar-refractivity contribution in [3.63, 3.8) is 0 Å². The van der Waals surface area contributed by atoms with E-state index in [9.17, 15) is 18.3 Å². The molecule has 0 amide bonds. The van der Waals surface area contributed by atoms with E-state index in [0.29, 0.717) is 23.3 Å². The summed E-state index contributed by atoms with van der Waals surface area (Å²) in [6.45, 7) is 5.06. The van der Waals surface area contributed by atoms with Crippen molar-refractivity contribution in [1.29, 1.82) is 0 Å². The molecule has 2 aliphatic heterocycles. The monoisotopic (exact) mass is 411 g/mol. The van der Waals surface area contributed by atoms with Gasteiger partial charge in [0.05, 0.1) is 17.4 Å². The molecule has 4 N–H and O–H groups in total. The third-order valence-corrected chi connectivity index (χ3v) is 4.73. The van der Waals surface area contributed by atoms with Gasteiger partial charge >= 0.3 is 12.1 Å². The van der Waals surface area contributed by atoms with E-state index in [0.717, 1.165) is 31.1 Å². The molecule has 3 heterocycles. The van der Waals surface area contributed by atoms with E-state index in [-0.39, 0.29) is 5.75 Å². The first-order chi connectivity index (χ1) is 13.7. The second-order valence-corrected chi connectivity index (χ2v) is 6.68. The van der Waals surface area contributed by atoms with E-state index in [2.05, 4.69) is 32.7 Å². The fourth-order valence-electron chi connectivity index (χ4n) is 3.31. The number of para-hydroxylation sites is 1. The first-order valence-electron chi connectivity index (χ1n) is 8.88. The van der Waals surface area contributed by atoms with Crippen LogP contribution in [-0.2, 0) is 4.79 Å². The Balaban J connectivity index is 0.000000298. The number of alkyl halides is 3. The Morgan fingerprint density at radius 3 is 2.62 bits per heavy atom. The summed E-state index contributed by atoms with van der Waals surface area (Å²) in [6.07, 6.45) is -5.08. The normalized spacial score (nSPS) is 20.5. The molecule has 156 valence electrons. The van der Waals surface area contributed by atoms with Gasteiger partial charge in [0, 0.05) is 31.2 Å². The molecular formula is C18H20F3N5O3. The fourth-order valence-corrected chi connectivity index (χ4v) is 3.31. The highest BCUT2D eigenvalue weighted by molar-refractivity contribution is 5.77. The zero-order chi connectivity index (χ0) is 21.2. The van der Waals surface area contributed by atoms with Crippen LogP contribution >= 0.6 is 0 Å². The van der Waals surface area contributed by atoms with Crippen molar-refractivity contribution in [2.75, 3.05) is 29.9 Å². The number of nitrogens with zero attached hydrogens (tertiary/aromatic N) is 3. The summed E-state index contributed by atoms with van der Waals surface area (Å²) in [4.78, 5) is 11.3. The van der Waals surface area contributed by atoms with Gasteiger partial charge in [-0.2, -0.15) is 13.2 Å². The predicted molar refractivity (Wildman–Crippen MR) is 99.9 cm³/mol. The number of fused-ring (bicyclic) bond motifs is 3. The number of hydrogen-bond acceptors (Lipinski definition) is 7. The van der Waals surface area contributed by atoms with Gasteiger partial charge in [-0.25, -0.2) is 4.79 Å². The van der Waals surface area contributed by atoms with Crippen LogP contribution < -0.4 is 15.5 Å². The van der Waals surface area contributed by atoms with Crippen molar-refractivity contribution in [3.05, 3.63) is 30.3 Å². The highest BCUT2D eigenvalue weighted by Crippen LogP contribution is 2.36. The zero-order valence-electron chi connectivity index (χ0n) is 15.4. The van der Waals surface area contributed by atoms with Crippen molar-refractivity contribution in [1.82, 2.24) is 15.5 Å². The maximum Gasteiger partial charge on any atom is 0.490 e. The van der Waals surface area contributed by atoms with E-state index in [1.807, 2.05) is 18.2 Å². The molecule has 1 aromatic carbocycles. The van der Waals surface area contributed by atoms with E-state index >= 15 is 0 Å². The quantitative estimate of drug-likeness (QED) is 0.565. The van der Waals surface area contributed by atoms with E-state index in [1.165, 1.54) is 0 Å². The molecule has 11 heteroatoms. The van der Waals surface area contributed by atoms with Crippen LogP contribution in [0, 0.1) is 0 Å². The second kappa shape index (κ2) is 8.11. The maximum absolute atomic E-state index is 10.6. The fraction of sp³-hybridized carbons (Fsp3) is 0.389. The molecule has 0 saturated carbocycles. The number of anilines is 2. The van der Waals surface area contributed by atoms with Gasteiger partial charge in [0.15, 0.2) is 5.82 Å². The van der Waals surface area contributed by atoms with Gasteiger partial charge in [0.25, 0.3) is 0 Å². The van der Waals surface area contributed by atoms with Crippen LogP contribution in [0.15, 0.2) is 30.3 Å². The highest BCUT2D eigenvalue weighted by Gasteiger charge is 2.38. The minimum atomic E-state index is -5.08. The topological polar surface area (TPSA) is 111 Å². The number of carbonyl (C=O) groups is 1. The molecule has 29 heavy (non-hydrogen) atoms. The molecule has 1 aromatic heterocycles. The Bertz CT molecular complexity index is 893. The van der Waals surface area contributed by atoms with Gasteiger partial charge in [-0.1, -0.05) is 12.1 Å². The number of nitrogens with one attached hydrogen (secondary N) is 2. The third kappa shape index (κ3) is 4.50. The van der Waals surface area contributed by atoms with Crippen LogP contribution in [0.2, 0.25) is 0 Å². The second-order valence-electron chi connectivity index (χ2n) is 6.68. The van der Waals surface area contributed by atoms with Crippen LogP contribution in [0.25, 0.3) is 11.3 Å². The van der Waals surface area contributed by atoms with Crippen LogP contribution in [0.3, 0.4) is 0 Å². The first kappa shape index (κ1) is 20.6. The Hall–Kier alpha value is -3.08. The summed E-state index contributed by atoms with van der Waals surface area (Å²) in [7, 11) is 0. The van der Waals surface area contributed by atoms with Crippen molar-refractivity contribution >= 4 is 17.5 Å². The molecular weight excluding hydrogens is 391 g/mol. The summed E-state index contributed by atoms with van der Waals surface area (Å²) >= 11 is 0. The molecule has 2 aromatic rings. The summed E-state index contributed by atoms with van der Waals surface area (Å²) in [6, 6.07) is 9.98. The Morgan fingerprint density at radius 1 is 1.28 bits per heavy atom. The van der Waals surface area contributed by atoms with Gasteiger partial charge in [-0.3, -0.25) is 0 Å². The smallest absolute Gasteiger partial charge is 0.490 e. The minimum Gasteiger partial charge on any atom is -0.507 e. The number of rotatable bonds is 1. The summed E-state index contributed by atoms with van der Waals surface area (Å²) < 4.78 is 31.7. The number of phenols is 1. The SMILES string of the molecule is C[C@@H]1Nc2nnc(-c3ccccc3O)cc2N2CCNC[C@@H]12.O=C(O)C(F)(F)F. The van der Waals surface area contributed by atoms with Gasteiger partial charge in [-0.05, 0) is 25.1 Å². The maximum atomic E-state index is 10.6. The molecule has 2 atom stereocenters. The van der Waals surface area contributed by atoms with Crippen molar-refractivity contribution in [3.8, 4) is 17.0 Å². The van der Waals surface area contributed by atoms with Gasteiger partial charge < -0.3 is 25.7 Å². The lowest BCUT2D eigenvalue weighted by Gasteiger charge is -2.45. The Morgan fingerprint density at radius 2 is 1.97 bits per heavy atom. The van der Waals surface area contributed by atoms with E-state index in [4.69, 9.17) is 9.90 Å². The lowest BCUT2D eigenvalue weighted by Crippen LogP contribution is -2.60. The molecule has 0 bridgehead atoms. The molecule has 0 radical (unpaired) electrons. The molecule has 0 aliphatic carbocycles. The molecule has 4 rings (SSSR count). The average molecular weight is 411 g/mol. The van der Waals surface area contributed by atoms with Crippen LogP contribution in [0.5, 0.6) is 5.75 Å². The largest absolute Gasteiger partial charge is 0.507 e. The number of benzene rings is 1. The Kier molecular flexibility index (Phi) is 5.78. The average Bonchev–Trinajstić information content (AvgIpc) is 2.68. The Labute approximate surface area is 164 Å². The lowest BCUT2D eigenvalue weighted by atomic mass is 10.0. The van der Waals surface area contributed by atoms with E-state index < -0.39 is 12.1 Å². The van der Waals surface area contributed by atoms with Crippen molar-refractivity contribution in [2.45, 2.75) is 25.2 Å². The number of aliphatic carboxylic acids is 1. The number of hydrogen-bond donors (Lipinski definition) is 4. The standard InChI is InChI=1S/C16H19N5O.C2HF3O2/c1-10-14-9-17-6-7-21(14)13-8-12(19-20-16(13)18-10)11-4-2-3-5-15(11)22;3-2(4,5)1(6)7/h2-5,8,10,14,17,22H,6-7,9H2,1H3,(H,18,20);(H,6,7)/t10-,14-;/m0./s1. The first-order valence-corrected chi connectivity index (χ1v) is 8.88. The molecule has 0 spiro atoms. The highest BCUT2D eigenvalue weighted by atomic mass is 19.4. The number of phenolic OH excluding ortho intramolecular Hbond substituents is 1. The molecule has 0 unspecified atom stereocenters. The summed E-state index contributed by atoms with van der Waals surface area (Å²) in [5, 5.41) is 32.7.